The molecule has 124 valence electrons. The molecule has 1 aliphatic carbocycles. The van der Waals surface area contributed by atoms with E-state index in [2.05, 4.69) is 52.0 Å². The molecular formula is C20H32O2. The number of hydrogen-bond acceptors (Lipinski definition) is 2. The van der Waals surface area contributed by atoms with E-state index in [4.69, 9.17) is 4.74 Å². The van der Waals surface area contributed by atoms with E-state index in [9.17, 15) is 5.11 Å². The van der Waals surface area contributed by atoms with E-state index in [1.807, 2.05) is 0 Å². The van der Waals surface area contributed by atoms with Crippen LogP contribution in [0.3, 0.4) is 0 Å². The van der Waals surface area contributed by atoms with Crippen molar-refractivity contribution in [3.8, 4) is 0 Å². The quantitative estimate of drug-likeness (QED) is 0.589. The highest BCUT2D eigenvalue weighted by Crippen LogP contribution is 2.44. The Hall–Kier alpha value is -0.860. The molecule has 1 saturated heterocycles. The number of aliphatic hydroxyl groups excluding tert-OH is 1. The molecule has 0 spiro atoms. The molecule has 0 amide bonds. The standard InChI is InChI=1S/C20H32O2/c1-16(2)7-5-11-19(3)12-6-13-20(4)18(22-20)9-8-17(15-21)10-14-19/h6-7,10,12,18,21H,5,8-9,11,13-15H2,1-4H3. The average Bonchev–Trinajstić information content (AvgIpc) is 3.08. The average molecular weight is 304 g/mol. The third-order valence-corrected chi connectivity index (χ3v) is 5.13. The molecule has 3 unspecified atom stereocenters. The summed E-state index contributed by atoms with van der Waals surface area (Å²) in [5.74, 6) is 0. The monoisotopic (exact) mass is 304 g/mol. The number of rotatable bonds is 4. The van der Waals surface area contributed by atoms with E-state index in [1.165, 1.54) is 11.1 Å². The lowest BCUT2D eigenvalue weighted by molar-refractivity contribution is 0.300. The summed E-state index contributed by atoms with van der Waals surface area (Å²) < 4.78 is 5.88. The first-order chi connectivity index (χ1) is 10.4. The molecule has 3 atom stereocenters. The molecule has 2 nitrogen and oxygen atoms in total. The summed E-state index contributed by atoms with van der Waals surface area (Å²) in [5.41, 5.74) is 2.75. The predicted octanol–water partition coefficient (Wildman–Crippen LogP) is 4.95. The third kappa shape index (κ3) is 4.82. The summed E-state index contributed by atoms with van der Waals surface area (Å²) in [6.07, 6.45) is 15.9. The van der Waals surface area contributed by atoms with Crippen molar-refractivity contribution in [1.29, 1.82) is 0 Å². The van der Waals surface area contributed by atoms with E-state index >= 15 is 0 Å². The van der Waals surface area contributed by atoms with Crippen LogP contribution in [0.2, 0.25) is 0 Å². The molecule has 2 heteroatoms. The summed E-state index contributed by atoms with van der Waals surface area (Å²) in [5, 5.41) is 9.59. The maximum Gasteiger partial charge on any atom is 0.0954 e. The highest BCUT2D eigenvalue weighted by Gasteiger charge is 2.50. The van der Waals surface area contributed by atoms with Crippen molar-refractivity contribution < 1.29 is 9.84 Å². The van der Waals surface area contributed by atoms with Crippen LogP contribution in [-0.4, -0.2) is 23.4 Å². The number of ether oxygens (including phenoxy) is 1. The van der Waals surface area contributed by atoms with Gasteiger partial charge in [-0.2, -0.15) is 0 Å². The van der Waals surface area contributed by atoms with Gasteiger partial charge in [-0.1, -0.05) is 36.8 Å². The summed E-state index contributed by atoms with van der Waals surface area (Å²) in [7, 11) is 0. The second-order valence-electron chi connectivity index (χ2n) is 7.76. The van der Waals surface area contributed by atoms with Crippen LogP contribution >= 0.6 is 0 Å². The van der Waals surface area contributed by atoms with Gasteiger partial charge in [0.25, 0.3) is 0 Å². The topological polar surface area (TPSA) is 32.8 Å². The SMILES string of the molecule is CC(C)=CCCC1(C)C=CCC2(C)OC2CCC(CO)=CC1. The minimum atomic E-state index is 0.0300. The van der Waals surface area contributed by atoms with Crippen LogP contribution in [-0.2, 0) is 4.74 Å². The predicted molar refractivity (Wildman–Crippen MR) is 92.8 cm³/mol. The fourth-order valence-corrected chi connectivity index (χ4v) is 3.30. The van der Waals surface area contributed by atoms with E-state index < -0.39 is 0 Å². The normalized spacial score (nSPS) is 35.1. The molecule has 1 heterocycles. The van der Waals surface area contributed by atoms with Gasteiger partial charge < -0.3 is 9.84 Å². The van der Waals surface area contributed by atoms with Gasteiger partial charge in [0.2, 0.25) is 0 Å². The Morgan fingerprint density at radius 2 is 2.14 bits per heavy atom. The number of fused-ring (bicyclic) bond motifs is 1. The Bertz CT molecular complexity index is 470. The minimum Gasteiger partial charge on any atom is -0.392 e. The van der Waals surface area contributed by atoms with Crippen molar-refractivity contribution in [2.75, 3.05) is 6.61 Å². The van der Waals surface area contributed by atoms with Crippen molar-refractivity contribution in [3.63, 3.8) is 0 Å². The van der Waals surface area contributed by atoms with Crippen LogP contribution in [0.1, 0.15) is 66.2 Å². The first-order valence-electron chi connectivity index (χ1n) is 8.64. The lowest BCUT2D eigenvalue weighted by Crippen LogP contribution is -2.13. The van der Waals surface area contributed by atoms with Crippen LogP contribution in [0.5, 0.6) is 0 Å². The zero-order valence-electron chi connectivity index (χ0n) is 14.7. The molecule has 0 saturated carbocycles. The van der Waals surface area contributed by atoms with Crippen molar-refractivity contribution in [2.24, 2.45) is 5.41 Å². The molecule has 2 rings (SSSR count). The maximum absolute atomic E-state index is 9.59. The molecule has 0 radical (unpaired) electrons. The van der Waals surface area contributed by atoms with Crippen LogP contribution < -0.4 is 0 Å². The number of epoxide rings is 1. The van der Waals surface area contributed by atoms with Crippen molar-refractivity contribution in [1.82, 2.24) is 0 Å². The van der Waals surface area contributed by atoms with Crippen molar-refractivity contribution >= 4 is 0 Å². The van der Waals surface area contributed by atoms with Gasteiger partial charge >= 0.3 is 0 Å². The summed E-state index contributed by atoms with van der Waals surface area (Å²) in [4.78, 5) is 0. The van der Waals surface area contributed by atoms with Gasteiger partial charge in [0, 0.05) is 0 Å². The van der Waals surface area contributed by atoms with Crippen molar-refractivity contribution in [2.45, 2.75) is 77.9 Å². The zero-order valence-corrected chi connectivity index (χ0v) is 14.7. The second kappa shape index (κ2) is 7.14. The third-order valence-electron chi connectivity index (χ3n) is 5.13. The van der Waals surface area contributed by atoms with Gasteiger partial charge in [-0.25, -0.2) is 0 Å². The van der Waals surface area contributed by atoms with E-state index in [1.54, 1.807) is 0 Å². The summed E-state index contributed by atoms with van der Waals surface area (Å²) in [6.45, 7) is 9.04. The molecular weight excluding hydrogens is 272 g/mol. The van der Waals surface area contributed by atoms with Crippen molar-refractivity contribution in [3.05, 3.63) is 35.5 Å². The zero-order chi connectivity index (χ0) is 16.2. The molecule has 1 aliphatic heterocycles. The number of aliphatic hydroxyl groups is 1. The molecule has 22 heavy (non-hydrogen) atoms. The van der Waals surface area contributed by atoms with Gasteiger partial charge in [0.15, 0.2) is 0 Å². The Labute approximate surface area is 136 Å². The second-order valence-corrected chi connectivity index (χ2v) is 7.76. The van der Waals surface area contributed by atoms with Crippen LogP contribution in [0.25, 0.3) is 0 Å². The molecule has 0 aromatic rings. The van der Waals surface area contributed by atoms with Gasteiger partial charge in [-0.3, -0.25) is 0 Å². The molecule has 1 fully saturated rings. The summed E-state index contributed by atoms with van der Waals surface area (Å²) in [6, 6.07) is 0. The fraction of sp³-hybridized carbons (Fsp3) is 0.700. The largest absolute Gasteiger partial charge is 0.392 e. The maximum atomic E-state index is 9.59. The van der Waals surface area contributed by atoms with E-state index in [0.717, 1.165) is 38.5 Å². The molecule has 0 bridgehead atoms. The highest BCUT2D eigenvalue weighted by molar-refractivity contribution is 5.14. The van der Waals surface area contributed by atoms with E-state index in [0.29, 0.717) is 6.10 Å². The van der Waals surface area contributed by atoms with Gasteiger partial charge in [-0.15, -0.1) is 0 Å². The number of allylic oxidation sites excluding steroid dienone is 4. The highest BCUT2D eigenvalue weighted by atomic mass is 16.6. The fourth-order valence-electron chi connectivity index (χ4n) is 3.30. The molecule has 0 aromatic carbocycles. The Morgan fingerprint density at radius 1 is 1.36 bits per heavy atom. The van der Waals surface area contributed by atoms with Gasteiger partial charge in [0.1, 0.15) is 0 Å². The van der Waals surface area contributed by atoms with Crippen LogP contribution in [0.4, 0.5) is 0 Å². The lowest BCUT2D eigenvalue weighted by atomic mass is 9.80. The molecule has 0 aromatic heterocycles. The number of hydrogen-bond donors (Lipinski definition) is 1. The smallest absolute Gasteiger partial charge is 0.0954 e. The molecule has 2 aliphatic rings. The Kier molecular flexibility index (Phi) is 5.68. The lowest BCUT2D eigenvalue weighted by Gasteiger charge is -2.25. The minimum absolute atomic E-state index is 0.0300. The van der Waals surface area contributed by atoms with E-state index in [-0.39, 0.29) is 17.6 Å². The Morgan fingerprint density at radius 3 is 2.82 bits per heavy atom. The van der Waals surface area contributed by atoms with Gasteiger partial charge in [-0.05, 0) is 70.3 Å². The van der Waals surface area contributed by atoms with Crippen LogP contribution in [0, 0.1) is 5.41 Å². The Balaban J connectivity index is 2.11. The van der Waals surface area contributed by atoms with Gasteiger partial charge in [0.05, 0.1) is 18.3 Å². The first kappa shape index (κ1) is 17.5. The summed E-state index contributed by atoms with van der Waals surface area (Å²) >= 11 is 0. The van der Waals surface area contributed by atoms with Crippen LogP contribution in [0.15, 0.2) is 35.5 Å². The first-order valence-corrected chi connectivity index (χ1v) is 8.64. The molecule has 1 N–H and O–H groups in total.